The molecule has 16 heteroatoms. The summed E-state index contributed by atoms with van der Waals surface area (Å²) >= 11 is 12.7. The minimum Gasteiger partial charge on any atom is -0.446 e. The lowest BCUT2D eigenvalue weighted by Gasteiger charge is -2.26. The summed E-state index contributed by atoms with van der Waals surface area (Å²) in [5.74, 6) is -0.770. The predicted molar refractivity (Wildman–Crippen MR) is 144 cm³/mol. The molecule has 0 aliphatic heterocycles. The average molecular weight is 595 g/mol. The first-order chi connectivity index (χ1) is 18.5. The molecule has 0 spiro atoms. The minimum absolute atomic E-state index is 0.0417. The van der Waals surface area contributed by atoms with Crippen LogP contribution in [-0.2, 0) is 4.74 Å². The van der Waals surface area contributed by atoms with Crippen LogP contribution in [0.1, 0.15) is 24.2 Å². The van der Waals surface area contributed by atoms with Crippen molar-refractivity contribution in [2.24, 2.45) is 0 Å². The second-order valence-corrected chi connectivity index (χ2v) is 9.62. The molecule has 0 bridgehead atoms. The number of para-hydroxylation sites is 1. The number of ether oxygens (including phenoxy) is 2. The number of halogens is 2. The van der Waals surface area contributed by atoms with Crippen LogP contribution in [0, 0.1) is 10.1 Å². The molecular weight excluding hydrogens is 575 g/mol. The van der Waals surface area contributed by atoms with Crippen LogP contribution in [0.4, 0.5) is 21.0 Å². The van der Waals surface area contributed by atoms with Crippen LogP contribution in [0.3, 0.4) is 0 Å². The largest absolute Gasteiger partial charge is 0.446 e. The van der Waals surface area contributed by atoms with E-state index in [9.17, 15) is 24.5 Å². The number of urea groups is 1. The number of imide groups is 1. The molecule has 3 aromatic rings. The van der Waals surface area contributed by atoms with Gasteiger partial charge >= 0.3 is 12.1 Å². The van der Waals surface area contributed by atoms with Gasteiger partial charge in [0, 0.05) is 19.2 Å². The number of amides is 4. The number of nitrogens with one attached hydrogen (secondary N) is 1. The van der Waals surface area contributed by atoms with Gasteiger partial charge in [-0.05, 0) is 44.2 Å². The minimum atomic E-state index is -1.03. The third-order valence-corrected chi connectivity index (χ3v) is 5.95. The van der Waals surface area contributed by atoms with Gasteiger partial charge in [0.1, 0.15) is 11.3 Å². The summed E-state index contributed by atoms with van der Waals surface area (Å²) in [4.78, 5) is 49.0. The van der Waals surface area contributed by atoms with Crippen LogP contribution in [0.25, 0.3) is 0 Å². The maximum absolute atomic E-state index is 13.2. The third kappa shape index (κ3) is 7.92. The van der Waals surface area contributed by atoms with Crippen molar-refractivity contribution in [1.29, 1.82) is 0 Å². The zero-order valence-corrected chi connectivity index (χ0v) is 22.9. The fraction of sp³-hybridized carbons (Fsp3) is 0.174. The van der Waals surface area contributed by atoms with Crippen LogP contribution in [0.15, 0.2) is 54.6 Å². The molecule has 1 N–H and O–H groups in total. The van der Waals surface area contributed by atoms with E-state index in [1.807, 2.05) is 0 Å². The van der Waals surface area contributed by atoms with Crippen molar-refractivity contribution in [2.45, 2.75) is 20.0 Å². The molecule has 39 heavy (non-hydrogen) atoms. The van der Waals surface area contributed by atoms with E-state index < -0.39 is 34.7 Å². The van der Waals surface area contributed by atoms with Crippen molar-refractivity contribution in [2.75, 3.05) is 11.4 Å². The van der Waals surface area contributed by atoms with Crippen molar-refractivity contribution < 1.29 is 28.8 Å². The molecule has 2 aromatic carbocycles. The number of hydrogen-bond acceptors (Lipinski definition) is 10. The van der Waals surface area contributed by atoms with E-state index in [1.54, 1.807) is 13.8 Å². The Labute approximate surface area is 236 Å². The molecule has 0 saturated heterocycles. The van der Waals surface area contributed by atoms with Gasteiger partial charge in [-0.15, -0.1) is 10.2 Å². The molecule has 204 valence electrons. The van der Waals surface area contributed by atoms with Crippen molar-refractivity contribution in [3.8, 4) is 11.6 Å². The van der Waals surface area contributed by atoms with Crippen LogP contribution < -0.4 is 14.4 Å². The van der Waals surface area contributed by atoms with Gasteiger partial charge in [-0.1, -0.05) is 35.3 Å². The lowest BCUT2D eigenvalue weighted by atomic mass is 10.1. The molecule has 1 heterocycles. The Morgan fingerprint density at radius 3 is 2.41 bits per heavy atom. The maximum Gasteiger partial charge on any atom is 0.421 e. The van der Waals surface area contributed by atoms with Crippen molar-refractivity contribution in [3.63, 3.8) is 0 Å². The molecule has 13 nitrogen and oxygen atoms in total. The maximum atomic E-state index is 13.2. The van der Waals surface area contributed by atoms with Gasteiger partial charge in [-0.25, -0.2) is 18.2 Å². The second kappa shape index (κ2) is 13.1. The number of rotatable bonds is 8. The number of nitro groups is 1. The van der Waals surface area contributed by atoms with Gasteiger partial charge in [-0.2, -0.15) is 0 Å². The Hall–Kier alpha value is -4.14. The Morgan fingerprint density at radius 2 is 1.79 bits per heavy atom. The molecule has 0 radical (unpaired) electrons. The van der Waals surface area contributed by atoms with Crippen LogP contribution in [-0.4, -0.2) is 50.6 Å². The first kappa shape index (κ1) is 29.4. The van der Waals surface area contributed by atoms with Crippen LogP contribution in [0.2, 0.25) is 10.2 Å². The Bertz CT molecular complexity index is 1390. The van der Waals surface area contributed by atoms with E-state index in [0.717, 1.165) is 14.7 Å². The fourth-order valence-corrected chi connectivity index (χ4v) is 3.84. The number of carbonyl (C=O) groups excluding carboxylic acids is 3. The van der Waals surface area contributed by atoms with E-state index in [0.29, 0.717) is 12.1 Å². The Balaban J connectivity index is 1.89. The van der Waals surface area contributed by atoms with E-state index in [-0.39, 0.29) is 33.1 Å². The highest BCUT2D eigenvalue weighted by molar-refractivity contribution is 7.99. The highest BCUT2D eigenvalue weighted by atomic mass is 35.5. The van der Waals surface area contributed by atoms with Gasteiger partial charge in [0.25, 0.3) is 11.6 Å². The second-order valence-electron chi connectivity index (χ2n) is 7.75. The number of benzene rings is 2. The smallest absolute Gasteiger partial charge is 0.421 e. The Kier molecular flexibility index (Phi) is 9.87. The predicted octanol–water partition coefficient (Wildman–Crippen LogP) is 5.88. The van der Waals surface area contributed by atoms with Gasteiger partial charge in [0.15, 0.2) is 5.15 Å². The fourth-order valence-electron chi connectivity index (χ4n) is 2.84. The molecule has 0 saturated carbocycles. The van der Waals surface area contributed by atoms with Crippen LogP contribution >= 0.6 is 35.3 Å². The lowest BCUT2D eigenvalue weighted by Crippen LogP contribution is -2.42. The number of carbonyl (C=O) groups is 3. The van der Waals surface area contributed by atoms with Gasteiger partial charge in [0.2, 0.25) is 5.88 Å². The van der Waals surface area contributed by atoms with E-state index >= 15 is 0 Å². The summed E-state index contributed by atoms with van der Waals surface area (Å²) in [6, 6.07) is 11.2. The Morgan fingerprint density at radius 1 is 1.08 bits per heavy atom. The lowest BCUT2D eigenvalue weighted by molar-refractivity contribution is -0.385. The van der Waals surface area contributed by atoms with Crippen molar-refractivity contribution >= 4 is 64.7 Å². The average Bonchev–Trinajstić information content (AvgIpc) is 2.89. The summed E-state index contributed by atoms with van der Waals surface area (Å²) in [5.41, 5.74) is -0.703. The van der Waals surface area contributed by atoms with E-state index in [2.05, 4.69) is 15.5 Å². The van der Waals surface area contributed by atoms with E-state index in [1.165, 1.54) is 55.6 Å². The zero-order chi connectivity index (χ0) is 28.7. The monoisotopic (exact) mass is 594 g/mol. The molecule has 1 aromatic heterocycles. The summed E-state index contributed by atoms with van der Waals surface area (Å²) in [6.45, 7) is 3.30. The quantitative estimate of drug-likeness (QED) is 0.189. The number of hydrogen-bond donors (Lipinski definition) is 1. The van der Waals surface area contributed by atoms with Gasteiger partial charge < -0.3 is 9.47 Å². The van der Waals surface area contributed by atoms with Gasteiger partial charge in [0.05, 0.1) is 33.9 Å². The van der Waals surface area contributed by atoms with Crippen molar-refractivity contribution in [3.05, 3.63) is 80.5 Å². The van der Waals surface area contributed by atoms with Crippen molar-refractivity contribution in [1.82, 2.24) is 19.8 Å². The van der Waals surface area contributed by atoms with Crippen LogP contribution in [0.5, 0.6) is 11.6 Å². The summed E-state index contributed by atoms with van der Waals surface area (Å²) in [5, 5.41) is 21.1. The highest BCUT2D eigenvalue weighted by Crippen LogP contribution is 2.35. The molecule has 0 aliphatic carbocycles. The third-order valence-electron chi connectivity index (χ3n) is 4.52. The molecule has 3 rings (SSSR count). The normalized spacial score (nSPS) is 10.5. The summed E-state index contributed by atoms with van der Waals surface area (Å²) < 4.78 is 12.7. The number of aromatic nitrogens is 2. The summed E-state index contributed by atoms with van der Waals surface area (Å²) in [6.07, 6.45) is -1.21. The molecule has 0 aliphatic rings. The first-order valence-electron chi connectivity index (χ1n) is 10.9. The molecule has 4 amide bonds. The number of nitro benzene ring substituents is 1. The number of anilines is 1. The molecule has 0 fully saturated rings. The van der Waals surface area contributed by atoms with E-state index in [4.69, 9.17) is 32.7 Å². The zero-order valence-electron chi connectivity index (χ0n) is 20.5. The number of nitrogens with zero attached hydrogens (tertiary/aromatic N) is 5. The standard InChI is InChI=1S/C23H20Cl2N6O7S/c1-13(2)37-23(34)29(3)39-30(22(33)26-21(32)15-6-4-5-7-17(15)31(35)36)14-8-9-18(16(24)12-14)38-20-11-10-19(25)27-28-20/h4-13H,1-3H3,(H,26,32,33). The molecule has 0 unspecified atom stereocenters. The van der Waals surface area contributed by atoms with Gasteiger partial charge in [-0.3, -0.25) is 20.2 Å². The topological polar surface area (TPSA) is 157 Å². The summed E-state index contributed by atoms with van der Waals surface area (Å²) in [7, 11) is 1.35. The SMILES string of the molecule is CC(C)OC(=O)N(C)SN(C(=O)NC(=O)c1ccccc1[N+](=O)[O-])c1ccc(Oc2ccc(Cl)nn2)c(Cl)c1. The highest BCUT2D eigenvalue weighted by Gasteiger charge is 2.28. The molecular formula is C23H20Cl2N6O7S. The molecule has 0 atom stereocenters. The first-order valence-corrected chi connectivity index (χ1v) is 12.4.